The first kappa shape index (κ1) is 12.9. The Bertz CT molecular complexity index is 347. The van der Waals surface area contributed by atoms with Crippen LogP contribution in [0.3, 0.4) is 0 Å². The molecule has 0 bridgehead atoms. The summed E-state index contributed by atoms with van der Waals surface area (Å²) in [5.74, 6) is 0.743. The lowest BCUT2D eigenvalue weighted by Gasteiger charge is -2.20. The number of nitrogens with two attached hydrogens (primary N) is 1. The summed E-state index contributed by atoms with van der Waals surface area (Å²) < 4.78 is 4.89. The minimum Gasteiger partial charge on any atom is -0.467 e. The summed E-state index contributed by atoms with van der Waals surface area (Å²) in [6.45, 7) is 4.61. The van der Waals surface area contributed by atoms with Gasteiger partial charge in [-0.25, -0.2) is 0 Å². The molecule has 0 aliphatic carbocycles. The van der Waals surface area contributed by atoms with Crippen molar-refractivity contribution in [2.45, 2.75) is 19.9 Å². The number of hydrogen-bond donors (Lipinski definition) is 2. The van der Waals surface area contributed by atoms with Crippen LogP contribution in [0.2, 0.25) is 5.28 Å². The molecule has 0 spiro atoms. The highest BCUT2D eigenvalue weighted by atomic mass is 35.5. The molecule has 1 rings (SSSR count). The van der Waals surface area contributed by atoms with E-state index in [0.717, 1.165) is 0 Å². The number of rotatable bonds is 5. The fourth-order valence-corrected chi connectivity index (χ4v) is 1.30. The Morgan fingerprint density at radius 1 is 1.38 bits per heavy atom. The molecule has 0 aliphatic rings. The first-order valence-corrected chi connectivity index (χ1v) is 5.36. The number of nitrogens with zero attached hydrogens (tertiary/aromatic N) is 3. The van der Waals surface area contributed by atoms with Gasteiger partial charge in [0, 0.05) is 12.6 Å². The molecule has 1 aromatic heterocycles. The van der Waals surface area contributed by atoms with E-state index in [2.05, 4.69) is 34.1 Å². The molecule has 0 aliphatic heterocycles. The molecular formula is C9H16ClN5O. The highest BCUT2D eigenvalue weighted by molar-refractivity contribution is 6.28. The molecule has 1 unspecified atom stereocenters. The summed E-state index contributed by atoms with van der Waals surface area (Å²) in [7, 11) is 1.47. The van der Waals surface area contributed by atoms with Crippen molar-refractivity contribution in [3.05, 3.63) is 5.28 Å². The van der Waals surface area contributed by atoms with E-state index in [1.807, 2.05) is 0 Å². The lowest BCUT2D eigenvalue weighted by molar-refractivity contribution is 0.378. The summed E-state index contributed by atoms with van der Waals surface area (Å²) in [6, 6.07) is 0.269. The van der Waals surface area contributed by atoms with Gasteiger partial charge in [0.1, 0.15) is 0 Å². The zero-order chi connectivity index (χ0) is 12.1. The van der Waals surface area contributed by atoms with Gasteiger partial charge in [0.2, 0.25) is 11.2 Å². The van der Waals surface area contributed by atoms with E-state index in [4.69, 9.17) is 22.1 Å². The molecule has 1 heterocycles. The van der Waals surface area contributed by atoms with Gasteiger partial charge in [-0.1, -0.05) is 13.8 Å². The van der Waals surface area contributed by atoms with Gasteiger partial charge < -0.3 is 15.8 Å². The van der Waals surface area contributed by atoms with Gasteiger partial charge in [0.15, 0.2) is 0 Å². The smallest absolute Gasteiger partial charge is 0.322 e. The standard InChI is InChI=1S/C9H16ClN5O/c1-5(2)6(4-11)12-8-13-7(10)14-9(15-8)16-3/h5-6H,4,11H2,1-3H3,(H,12,13,14,15). The van der Waals surface area contributed by atoms with E-state index < -0.39 is 0 Å². The number of aromatic nitrogens is 3. The predicted molar refractivity (Wildman–Crippen MR) is 62.7 cm³/mol. The molecule has 0 aromatic carbocycles. The van der Waals surface area contributed by atoms with Crippen LogP contribution in [0.25, 0.3) is 0 Å². The molecular weight excluding hydrogens is 230 g/mol. The van der Waals surface area contributed by atoms with E-state index >= 15 is 0 Å². The van der Waals surface area contributed by atoms with E-state index in [9.17, 15) is 0 Å². The van der Waals surface area contributed by atoms with Crippen LogP contribution in [-0.2, 0) is 0 Å². The van der Waals surface area contributed by atoms with E-state index in [-0.39, 0.29) is 17.3 Å². The van der Waals surface area contributed by atoms with Crippen molar-refractivity contribution in [2.24, 2.45) is 11.7 Å². The van der Waals surface area contributed by atoms with E-state index in [1.54, 1.807) is 0 Å². The fraction of sp³-hybridized carbons (Fsp3) is 0.667. The number of methoxy groups -OCH3 is 1. The molecule has 1 atom stereocenters. The highest BCUT2D eigenvalue weighted by Gasteiger charge is 2.13. The van der Waals surface area contributed by atoms with Gasteiger partial charge in [-0.05, 0) is 17.5 Å². The van der Waals surface area contributed by atoms with Gasteiger partial charge in [-0.2, -0.15) is 15.0 Å². The molecule has 0 saturated heterocycles. The second kappa shape index (κ2) is 5.81. The number of nitrogens with one attached hydrogen (secondary N) is 1. The summed E-state index contributed by atoms with van der Waals surface area (Å²) in [5, 5.41) is 3.18. The van der Waals surface area contributed by atoms with Crippen LogP contribution in [-0.4, -0.2) is 34.6 Å². The Morgan fingerprint density at radius 3 is 2.56 bits per heavy atom. The van der Waals surface area contributed by atoms with Crippen molar-refractivity contribution in [1.29, 1.82) is 0 Å². The average molecular weight is 246 g/mol. The third-order valence-electron chi connectivity index (χ3n) is 2.14. The normalized spacial score (nSPS) is 12.6. The quantitative estimate of drug-likeness (QED) is 0.803. The lowest BCUT2D eigenvalue weighted by Crippen LogP contribution is -2.34. The van der Waals surface area contributed by atoms with Crippen molar-refractivity contribution in [3.8, 4) is 6.01 Å². The third kappa shape index (κ3) is 3.46. The minimum absolute atomic E-state index is 0.0863. The van der Waals surface area contributed by atoms with Crippen molar-refractivity contribution < 1.29 is 4.74 Å². The molecule has 0 amide bonds. The molecule has 7 heteroatoms. The maximum atomic E-state index is 5.72. The van der Waals surface area contributed by atoms with Gasteiger partial charge in [-0.15, -0.1) is 0 Å². The first-order valence-electron chi connectivity index (χ1n) is 4.99. The monoisotopic (exact) mass is 245 g/mol. The van der Waals surface area contributed by atoms with Crippen molar-refractivity contribution >= 4 is 17.5 Å². The van der Waals surface area contributed by atoms with Gasteiger partial charge in [0.25, 0.3) is 0 Å². The van der Waals surface area contributed by atoms with Gasteiger partial charge in [0.05, 0.1) is 7.11 Å². The maximum Gasteiger partial charge on any atom is 0.322 e. The van der Waals surface area contributed by atoms with Crippen LogP contribution in [0.5, 0.6) is 6.01 Å². The van der Waals surface area contributed by atoms with Crippen LogP contribution in [0.4, 0.5) is 5.95 Å². The molecule has 0 saturated carbocycles. The summed E-state index contributed by atoms with van der Waals surface area (Å²) in [4.78, 5) is 11.8. The highest BCUT2D eigenvalue weighted by Crippen LogP contribution is 2.13. The van der Waals surface area contributed by atoms with Gasteiger partial charge >= 0.3 is 6.01 Å². The van der Waals surface area contributed by atoms with E-state index in [1.165, 1.54) is 7.11 Å². The largest absolute Gasteiger partial charge is 0.467 e. The number of halogens is 1. The van der Waals surface area contributed by atoms with Crippen LogP contribution < -0.4 is 15.8 Å². The minimum atomic E-state index is 0.0863. The van der Waals surface area contributed by atoms with Gasteiger partial charge in [-0.3, -0.25) is 0 Å². The van der Waals surface area contributed by atoms with Crippen molar-refractivity contribution in [1.82, 2.24) is 15.0 Å². The number of anilines is 1. The molecule has 0 radical (unpaired) electrons. The summed E-state index contributed by atoms with van der Waals surface area (Å²) in [5.41, 5.74) is 5.63. The molecule has 0 fully saturated rings. The second-order valence-corrected chi connectivity index (χ2v) is 3.98. The first-order chi connectivity index (χ1) is 7.56. The second-order valence-electron chi connectivity index (χ2n) is 3.65. The molecule has 3 N–H and O–H groups in total. The lowest BCUT2D eigenvalue weighted by atomic mass is 10.1. The van der Waals surface area contributed by atoms with Crippen molar-refractivity contribution in [2.75, 3.05) is 19.0 Å². The Kier molecular flexibility index (Phi) is 4.70. The Morgan fingerprint density at radius 2 is 2.06 bits per heavy atom. The topological polar surface area (TPSA) is 86.0 Å². The Hall–Kier alpha value is -1.14. The molecule has 6 nitrogen and oxygen atoms in total. The predicted octanol–water partition coefficient (Wildman–Crippen LogP) is 0.929. The molecule has 1 aromatic rings. The maximum absolute atomic E-state index is 5.72. The summed E-state index contributed by atoms with van der Waals surface area (Å²) in [6.07, 6.45) is 0. The van der Waals surface area contributed by atoms with Crippen LogP contribution >= 0.6 is 11.6 Å². The number of ether oxygens (including phenoxy) is 1. The zero-order valence-corrected chi connectivity index (χ0v) is 10.3. The zero-order valence-electron chi connectivity index (χ0n) is 9.57. The van der Waals surface area contributed by atoms with E-state index in [0.29, 0.717) is 18.4 Å². The Labute approximate surface area is 99.6 Å². The average Bonchev–Trinajstić information content (AvgIpc) is 2.24. The van der Waals surface area contributed by atoms with Crippen LogP contribution in [0.15, 0.2) is 0 Å². The number of hydrogen-bond acceptors (Lipinski definition) is 6. The molecule has 90 valence electrons. The third-order valence-corrected chi connectivity index (χ3v) is 2.31. The SMILES string of the molecule is COc1nc(Cl)nc(NC(CN)C(C)C)n1. The van der Waals surface area contributed by atoms with Crippen molar-refractivity contribution in [3.63, 3.8) is 0 Å². The van der Waals surface area contributed by atoms with Crippen LogP contribution in [0, 0.1) is 5.92 Å². The summed E-state index contributed by atoms with van der Waals surface area (Å²) >= 11 is 5.72. The Balaban J connectivity index is 2.83. The fourth-order valence-electron chi connectivity index (χ4n) is 1.15. The molecule has 16 heavy (non-hydrogen) atoms. The van der Waals surface area contributed by atoms with Crippen LogP contribution in [0.1, 0.15) is 13.8 Å².